The number of amides is 6. The van der Waals surface area contributed by atoms with Gasteiger partial charge in [0.1, 0.15) is 37.1 Å². The first-order chi connectivity index (χ1) is 18.3. The fourth-order valence-corrected chi connectivity index (χ4v) is 5.33. The van der Waals surface area contributed by atoms with E-state index in [1.54, 1.807) is 29.2 Å². The molecule has 1 spiro atoms. The molecule has 2 aromatic carbocycles. The average molecular weight is 524 g/mol. The van der Waals surface area contributed by atoms with Crippen LogP contribution in [0, 0.1) is 11.7 Å². The van der Waals surface area contributed by atoms with Crippen molar-refractivity contribution in [3.8, 4) is 11.5 Å². The van der Waals surface area contributed by atoms with Gasteiger partial charge in [0, 0.05) is 36.5 Å². The van der Waals surface area contributed by atoms with Crippen LogP contribution in [0.2, 0.25) is 0 Å². The van der Waals surface area contributed by atoms with Crippen LogP contribution in [-0.2, 0) is 21.7 Å². The quantitative estimate of drug-likeness (QED) is 0.525. The van der Waals surface area contributed by atoms with Gasteiger partial charge in [0.05, 0.1) is 6.04 Å². The van der Waals surface area contributed by atoms with Crippen molar-refractivity contribution in [2.45, 2.75) is 31.0 Å². The Labute approximate surface area is 217 Å². The molecule has 4 aliphatic rings. The van der Waals surface area contributed by atoms with E-state index in [1.165, 1.54) is 19.2 Å². The number of carbonyl (C=O) groups excluding carboxylic acids is 4. The Balaban J connectivity index is 1.23. The van der Waals surface area contributed by atoms with E-state index in [-0.39, 0.29) is 31.7 Å². The van der Waals surface area contributed by atoms with Crippen molar-refractivity contribution in [1.29, 1.82) is 0 Å². The molecule has 12 heteroatoms. The number of hydrogen-bond acceptors (Lipinski definition) is 6. The SMILES string of the molecule is CNC(=O)Nc1ccc2c(c1)OC[C@]21NC(=O)N(CC(=O)N2Cc3cc(F)ccc3OC[C@H]2C2CC2)C1=O. The molecule has 0 bridgehead atoms. The minimum Gasteiger partial charge on any atom is -0.491 e. The largest absolute Gasteiger partial charge is 0.491 e. The van der Waals surface area contributed by atoms with Gasteiger partial charge in [-0.2, -0.15) is 0 Å². The number of halogens is 1. The van der Waals surface area contributed by atoms with Crippen LogP contribution in [-0.4, -0.2) is 66.5 Å². The Kier molecular flexibility index (Phi) is 5.62. The lowest BCUT2D eigenvalue weighted by atomic mass is 9.92. The molecule has 0 unspecified atom stereocenters. The molecule has 2 fully saturated rings. The van der Waals surface area contributed by atoms with Gasteiger partial charge in [-0.05, 0) is 43.0 Å². The molecule has 3 N–H and O–H groups in total. The number of nitrogens with zero attached hydrogens (tertiary/aromatic N) is 2. The second kappa shape index (κ2) is 8.89. The molecular formula is C26H26FN5O6. The zero-order valence-corrected chi connectivity index (χ0v) is 20.6. The van der Waals surface area contributed by atoms with Crippen LogP contribution in [0.1, 0.15) is 24.0 Å². The Hall–Kier alpha value is -4.35. The summed E-state index contributed by atoms with van der Waals surface area (Å²) >= 11 is 0. The number of rotatable bonds is 4. The highest BCUT2D eigenvalue weighted by atomic mass is 19.1. The third kappa shape index (κ3) is 3.96. The second-order valence-electron chi connectivity index (χ2n) is 9.92. The molecular weight excluding hydrogens is 497 g/mol. The predicted molar refractivity (Wildman–Crippen MR) is 131 cm³/mol. The summed E-state index contributed by atoms with van der Waals surface area (Å²) in [7, 11) is 1.49. The zero-order chi connectivity index (χ0) is 26.6. The lowest BCUT2D eigenvalue weighted by molar-refractivity contribution is -0.141. The van der Waals surface area contributed by atoms with Gasteiger partial charge in [-0.1, -0.05) is 6.07 Å². The molecule has 0 radical (unpaired) electrons. The standard InChI is InChI=1S/C26H26FN5O6/c1-28-24(35)29-17-5-6-18-21(9-17)38-13-26(18)23(34)32(25(36)30-26)11-22(33)31-10-15-8-16(27)4-7-20(15)37-12-19(31)14-2-3-14/h4-9,14,19H,2-3,10-13H2,1H3,(H,30,36)(H2,28,29,35)/t19-,26-/m0/s1. The third-order valence-electron chi connectivity index (χ3n) is 7.50. The van der Waals surface area contributed by atoms with Crippen LogP contribution in [0.25, 0.3) is 0 Å². The van der Waals surface area contributed by atoms with Crippen LogP contribution in [0.5, 0.6) is 11.5 Å². The molecule has 0 aromatic heterocycles. The molecule has 6 amide bonds. The molecule has 1 aliphatic carbocycles. The van der Waals surface area contributed by atoms with E-state index in [1.807, 2.05) is 0 Å². The van der Waals surface area contributed by atoms with Crippen molar-refractivity contribution in [3.05, 3.63) is 53.3 Å². The maximum absolute atomic E-state index is 13.9. The highest BCUT2D eigenvalue weighted by molar-refractivity contribution is 6.10. The van der Waals surface area contributed by atoms with Crippen molar-refractivity contribution >= 4 is 29.6 Å². The monoisotopic (exact) mass is 523 g/mol. The van der Waals surface area contributed by atoms with Crippen LogP contribution >= 0.6 is 0 Å². The summed E-state index contributed by atoms with van der Waals surface area (Å²) in [5.41, 5.74) is -0.0347. The van der Waals surface area contributed by atoms with Crippen LogP contribution in [0.3, 0.4) is 0 Å². The molecule has 198 valence electrons. The third-order valence-corrected chi connectivity index (χ3v) is 7.50. The van der Waals surface area contributed by atoms with Gasteiger partial charge in [0.25, 0.3) is 5.91 Å². The number of carbonyl (C=O) groups is 4. The molecule has 6 rings (SSSR count). The minimum atomic E-state index is -1.47. The first kappa shape index (κ1) is 24.0. The number of imide groups is 1. The average Bonchev–Trinajstić information content (AvgIpc) is 3.66. The Bertz CT molecular complexity index is 1360. The van der Waals surface area contributed by atoms with Crippen molar-refractivity contribution < 1.29 is 33.0 Å². The smallest absolute Gasteiger partial charge is 0.325 e. The van der Waals surface area contributed by atoms with E-state index in [4.69, 9.17) is 9.47 Å². The fourth-order valence-electron chi connectivity index (χ4n) is 5.33. The molecule has 1 saturated carbocycles. The van der Waals surface area contributed by atoms with Gasteiger partial charge in [0.2, 0.25) is 5.91 Å². The van der Waals surface area contributed by atoms with Gasteiger partial charge >= 0.3 is 12.1 Å². The number of fused-ring (bicyclic) bond motifs is 3. The van der Waals surface area contributed by atoms with Crippen LogP contribution < -0.4 is 25.4 Å². The van der Waals surface area contributed by atoms with E-state index in [2.05, 4.69) is 16.0 Å². The molecule has 2 atom stereocenters. The van der Waals surface area contributed by atoms with Gasteiger partial charge < -0.3 is 30.3 Å². The van der Waals surface area contributed by atoms with Crippen molar-refractivity contribution in [3.63, 3.8) is 0 Å². The first-order valence-electron chi connectivity index (χ1n) is 12.4. The summed E-state index contributed by atoms with van der Waals surface area (Å²) in [6.45, 7) is -0.233. The van der Waals surface area contributed by atoms with E-state index >= 15 is 0 Å². The van der Waals surface area contributed by atoms with Crippen molar-refractivity contribution in [2.24, 2.45) is 5.92 Å². The normalized spacial score (nSPS) is 23.7. The molecule has 3 aliphatic heterocycles. The van der Waals surface area contributed by atoms with Gasteiger partial charge in [-0.15, -0.1) is 0 Å². The van der Waals surface area contributed by atoms with Gasteiger partial charge in [-0.3, -0.25) is 14.5 Å². The molecule has 38 heavy (non-hydrogen) atoms. The van der Waals surface area contributed by atoms with Gasteiger partial charge in [0.15, 0.2) is 5.54 Å². The summed E-state index contributed by atoms with van der Waals surface area (Å²) in [4.78, 5) is 54.3. The summed E-state index contributed by atoms with van der Waals surface area (Å²) in [5.74, 6) is -0.340. The number of urea groups is 2. The number of benzene rings is 2. The Morgan fingerprint density at radius 2 is 1.95 bits per heavy atom. The highest BCUT2D eigenvalue weighted by Gasteiger charge is 2.58. The topological polar surface area (TPSA) is 129 Å². The minimum absolute atomic E-state index is 0.120. The first-order valence-corrected chi connectivity index (χ1v) is 12.4. The Morgan fingerprint density at radius 3 is 2.71 bits per heavy atom. The number of anilines is 1. The fraction of sp³-hybridized carbons (Fsp3) is 0.385. The summed E-state index contributed by atoms with van der Waals surface area (Å²) in [5, 5.41) is 7.79. The Morgan fingerprint density at radius 1 is 1.13 bits per heavy atom. The predicted octanol–water partition coefficient (Wildman–Crippen LogP) is 1.92. The lowest BCUT2D eigenvalue weighted by Gasteiger charge is -2.30. The van der Waals surface area contributed by atoms with E-state index in [9.17, 15) is 23.6 Å². The molecule has 1 saturated heterocycles. The molecule has 11 nitrogen and oxygen atoms in total. The van der Waals surface area contributed by atoms with Crippen LogP contribution in [0.15, 0.2) is 36.4 Å². The second-order valence-corrected chi connectivity index (χ2v) is 9.92. The maximum atomic E-state index is 13.9. The lowest BCUT2D eigenvalue weighted by Crippen LogP contribution is -2.49. The van der Waals surface area contributed by atoms with E-state index in [0.717, 1.165) is 17.7 Å². The highest BCUT2D eigenvalue weighted by Crippen LogP contribution is 2.43. The van der Waals surface area contributed by atoms with Crippen LogP contribution in [0.4, 0.5) is 19.7 Å². The summed E-state index contributed by atoms with van der Waals surface area (Å²) in [6.07, 6.45) is 1.89. The summed E-state index contributed by atoms with van der Waals surface area (Å²) < 4.78 is 25.6. The molecule has 2 aromatic rings. The number of ether oxygens (including phenoxy) is 2. The van der Waals surface area contributed by atoms with Gasteiger partial charge in [-0.25, -0.2) is 14.0 Å². The summed E-state index contributed by atoms with van der Waals surface area (Å²) in [6, 6.07) is 7.63. The zero-order valence-electron chi connectivity index (χ0n) is 20.6. The number of hydrogen-bond donors (Lipinski definition) is 3. The van der Waals surface area contributed by atoms with Crippen molar-refractivity contribution in [2.75, 3.05) is 32.1 Å². The molecule has 3 heterocycles. The van der Waals surface area contributed by atoms with Crippen molar-refractivity contribution in [1.82, 2.24) is 20.4 Å². The van der Waals surface area contributed by atoms with E-state index < -0.39 is 41.8 Å². The maximum Gasteiger partial charge on any atom is 0.325 e. The van der Waals surface area contributed by atoms with E-state index in [0.29, 0.717) is 28.3 Å². The number of nitrogens with one attached hydrogen (secondary N) is 3.